The quantitative estimate of drug-likeness (QED) is 0.852. The van der Waals surface area contributed by atoms with Gasteiger partial charge in [0.2, 0.25) is 0 Å². The zero-order valence-corrected chi connectivity index (χ0v) is 10.3. The first-order chi connectivity index (χ1) is 9.23. The molecule has 2 fully saturated rings. The van der Waals surface area contributed by atoms with Gasteiger partial charge in [-0.1, -0.05) is 0 Å². The van der Waals surface area contributed by atoms with E-state index in [2.05, 4.69) is 15.5 Å². The van der Waals surface area contributed by atoms with Crippen molar-refractivity contribution in [2.75, 3.05) is 13.1 Å². The van der Waals surface area contributed by atoms with Crippen molar-refractivity contribution in [1.82, 2.24) is 15.5 Å². The van der Waals surface area contributed by atoms with Crippen LogP contribution in [0.2, 0.25) is 0 Å². The van der Waals surface area contributed by atoms with Crippen LogP contribution in [0, 0.1) is 11.3 Å². The van der Waals surface area contributed by atoms with Crippen molar-refractivity contribution in [3.63, 3.8) is 0 Å². The summed E-state index contributed by atoms with van der Waals surface area (Å²) in [5.41, 5.74) is -1.98. The highest BCUT2D eigenvalue weighted by atomic mass is 19.4. The number of hydrogen-bond acceptors (Lipinski definition) is 3. The van der Waals surface area contributed by atoms with E-state index in [1.807, 2.05) is 0 Å². The lowest BCUT2D eigenvalue weighted by molar-refractivity contribution is -0.159. The molecule has 2 heterocycles. The summed E-state index contributed by atoms with van der Waals surface area (Å²) >= 11 is 0. The maximum atomic E-state index is 14.1. The Hall–Kier alpha value is -1.31. The van der Waals surface area contributed by atoms with Gasteiger partial charge in [0.15, 0.2) is 5.69 Å². The second kappa shape index (κ2) is 4.09. The molecule has 1 saturated carbocycles. The molecular weight excluding hydrogens is 281 g/mol. The lowest BCUT2D eigenvalue weighted by Gasteiger charge is -2.55. The van der Waals surface area contributed by atoms with Crippen LogP contribution < -0.4 is 5.32 Å². The molecule has 8 heteroatoms. The van der Waals surface area contributed by atoms with Crippen LogP contribution in [0.15, 0.2) is 12.1 Å². The summed E-state index contributed by atoms with van der Waals surface area (Å²) < 4.78 is 65.2. The van der Waals surface area contributed by atoms with Gasteiger partial charge >= 0.3 is 6.18 Å². The molecule has 3 nitrogen and oxygen atoms in total. The highest BCUT2D eigenvalue weighted by molar-refractivity contribution is 5.17. The van der Waals surface area contributed by atoms with E-state index >= 15 is 0 Å². The zero-order valence-electron chi connectivity index (χ0n) is 10.3. The van der Waals surface area contributed by atoms with Crippen molar-refractivity contribution >= 4 is 0 Å². The number of aromatic nitrogens is 2. The van der Waals surface area contributed by atoms with Crippen LogP contribution in [-0.4, -0.2) is 23.3 Å². The Labute approximate surface area is 111 Å². The van der Waals surface area contributed by atoms with Crippen molar-refractivity contribution in [2.45, 2.75) is 24.9 Å². The smallest absolute Gasteiger partial charge is 0.316 e. The van der Waals surface area contributed by atoms with Crippen molar-refractivity contribution in [2.24, 2.45) is 11.3 Å². The molecular formula is C12H12F5N3. The fourth-order valence-electron chi connectivity index (χ4n) is 2.88. The van der Waals surface area contributed by atoms with E-state index < -0.39 is 29.4 Å². The Kier molecular flexibility index (Phi) is 2.80. The lowest BCUT2D eigenvalue weighted by Crippen LogP contribution is -2.62. The van der Waals surface area contributed by atoms with Gasteiger partial charge in [-0.05, 0) is 30.4 Å². The van der Waals surface area contributed by atoms with Crippen LogP contribution in [0.5, 0.6) is 0 Å². The topological polar surface area (TPSA) is 37.8 Å². The second-order valence-electron chi connectivity index (χ2n) is 5.63. The molecule has 3 rings (SSSR count). The maximum Gasteiger partial charge on any atom is 0.435 e. The molecule has 0 unspecified atom stereocenters. The van der Waals surface area contributed by atoms with E-state index in [0.717, 1.165) is 19.2 Å². The van der Waals surface area contributed by atoms with Crippen LogP contribution in [0.25, 0.3) is 0 Å². The van der Waals surface area contributed by atoms with Crippen LogP contribution in [0.3, 0.4) is 0 Å². The molecule has 0 atom stereocenters. The van der Waals surface area contributed by atoms with E-state index in [1.54, 1.807) is 0 Å². The molecule has 0 aromatic carbocycles. The van der Waals surface area contributed by atoms with Crippen LogP contribution in [0.4, 0.5) is 22.0 Å². The van der Waals surface area contributed by atoms with Gasteiger partial charge in [0.1, 0.15) is 5.69 Å². The van der Waals surface area contributed by atoms with Gasteiger partial charge in [-0.25, -0.2) is 0 Å². The third kappa shape index (κ3) is 2.06. The zero-order chi connectivity index (χ0) is 14.6. The SMILES string of the molecule is FC(F)(F)c1ccc(C(F)(F)C2CC3(CNC3)C2)nn1. The van der Waals surface area contributed by atoms with Crippen LogP contribution >= 0.6 is 0 Å². The number of nitrogens with zero attached hydrogens (tertiary/aromatic N) is 2. The van der Waals surface area contributed by atoms with Gasteiger partial charge in [-0.15, -0.1) is 10.2 Å². The minimum Gasteiger partial charge on any atom is -0.316 e. The van der Waals surface area contributed by atoms with Gasteiger partial charge in [-0.2, -0.15) is 22.0 Å². The second-order valence-corrected chi connectivity index (χ2v) is 5.63. The van der Waals surface area contributed by atoms with Crippen LogP contribution in [0.1, 0.15) is 24.2 Å². The normalized spacial score (nSPS) is 22.4. The summed E-state index contributed by atoms with van der Waals surface area (Å²) in [5.74, 6) is -4.09. The average molecular weight is 293 g/mol. The van der Waals surface area contributed by atoms with Gasteiger partial charge < -0.3 is 5.32 Å². The molecule has 1 aromatic heterocycles. The van der Waals surface area contributed by atoms with Gasteiger partial charge in [0, 0.05) is 19.0 Å². The summed E-state index contributed by atoms with van der Waals surface area (Å²) in [6, 6.07) is 1.27. The first kappa shape index (κ1) is 13.7. The molecule has 1 aliphatic heterocycles. The first-order valence-electron chi connectivity index (χ1n) is 6.23. The predicted octanol–water partition coefficient (Wildman–Crippen LogP) is 2.59. The summed E-state index contributed by atoms with van der Waals surface area (Å²) in [4.78, 5) is 0. The van der Waals surface area contributed by atoms with E-state index in [1.165, 1.54) is 0 Å². The largest absolute Gasteiger partial charge is 0.435 e. The molecule has 20 heavy (non-hydrogen) atoms. The van der Waals surface area contributed by atoms with Gasteiger partial charge in [0.25, 0.3) is 5.92 Å². The lowest BCUT2D eigenvalue weighted by atomic mass is 9.56. The molecule has 0 bridgehead atoms. The van der Waals surface area contributed by atoms with E-state index in [0.29, 0.717) is 18.9 Å². The molecule has 1 N–H and O–H groups in total. The number of hydrogen-bond donors (Lipinski definition) is 1. The standard InChI is InChI=1S/C12H12F5N3/c13-11(14,7-3-10(4-7)5-18-6-10)8-1-2-9(20-19-8)12(15,16)17/h1-2,7,18H,3-6H2. The third-order valence-corrected chi connectivity index (χ3v) is 4.17. The Morgan fingerprint density at radius 2 is 1.55 bits per heavy atom. The number of alkyl halides is 5. The van der Waals surface area contributed by atoms with E-state index in [-0.39, 0.29) is 5.41 Å². The molecule has 1 aromatic rings. The van der Waals surface area contributed by atoms with E-state index in [4.69, 9.17) is 0 Å². The minimum atomic E-state index is -4.67. The highest BCUT2D eigenvalue weighted by Gasteiger charge is 2.58. The van der Waals surface area contributed by atoms with Crippen molar-refractivity contribution in [1.29, 1.82) is 0 Å². The highest BCUT2D eigenvalue weighted by Crippen LogP contribution is 2.56. The number of halogens is 5. The first-order valence-corrected chi connectivity index (χ1v) is 6.23. The molecule has 0 amide bonds. The molecule has 110 valence electrons. The van der Waals surface area contributed by atoms with Gasteiger partial charge in [-0.3, -0.25) is 0 Å². The Balaban J connectivity index is 1.74. The van der Waals surface area contributed by atoms with Crippen molar-refractivity contribution in [3.8, 4) is 0 Å². The third-order valence-electron chi connectivity index (χ3n) is 4.17. The van der Waals surface area contributed by atoms with Gasteiger partial charge in [0.05, 0.1) is 0 Å². The number of rotatable bonds is 2. The molecule has 1 saturated heterocycles. The predicted molar refractivity (Wildman–Crippen MR) is 59.0 cm³/mol. The average Bonchev–Trinajstić information content (AvgIpc) is 2.24. The summed E-state index contributed by atoms with van der Waals surface area (Å²) in [5, 5.41) is 8.98. The van der Waals surface area contributed by atoms with Crippen molar-refractivity contribution in [3.05, 3.63) is 23.5 Å². The Morgan fingerprint density at radius 1 is 1.00 bits per heavy atom. The van der Waals surface area contributed by atoms with Crippen LogP contribution in [-0.2, 0) is 12.1 Å². The fraction of sp³-hybridized carbons (Fsp3) is 0.667. The summed E-state index contributed by atoms with van der Waals surface area (Å²) in [6.45, 7) is 1.47. The van der Waals surface area contributed by atoms with E-state index in [9.17, 15) is 22.0 Å². The Bertz CT molecular complexity index is 499. The molecule has 1 aliphatic carbocycles. The molecule has 0 radical (unpaired) electrons. The number of nitrogens with one attached hydrogen (secondary N) is 1. The molecule has 2 aliphatic rings. The Morgan fingerprint density at radius 3 is 1.95 bits per heavy atom. The monoisotopic (exact) mass is 293 g/mol. The molecule has 1 spiro atoms. The summed E-state index contributed by atoms with van der Waals surface area (Å²) in [7, 11) is 0. The maximum absolute atomic E-state index is 14.1. The minimum absolute atomic E-state index is 0.0343. The van der Waals surface area contributed by atoms with Crippen molar-refractivity contribution < 1.29 is 22.0 Å². The fourth-order valence-corrected chi connectivity index (χ4v) is 2.88. The summed E-state index contributed by atoms with van der Waals surface area (Å²) in [6.07, 6.45) is -3.93.